The fraction of sp³-hybridized carbons (Fsp3) is 0.500. The lowest BCUT2D eigenvalue weighted by atomic mass is 10.2. The number of carbonyl (C=O) groups is 1. The van der Waals surface area contributed by atoms with E-state index in [0.717, 1.165) is 16.7 Å². The molecule has 0 bridgehead atoms. The van der Waals surface area contributed by atoms with Crippen LogP contribution >= 0.6 is 15.9 Å². The molecule has 2 N–H and O–H groups in total. The molecule has 0 saturated carbocycles. The Morgan fingerprint density at radius 1 is 1.41 bits per heavy atom. The maximum Gasteiger partial charge on any atom is 0.222 e. The molecule has 0 spiro atoms. The highest BCUT2D eigenvalue weighted by atomic mass is 79.9. The Kier molecular flexibility index (Phi) is 6.15. The van der Waals surface area contributed by atoms with Crippen LogP contribution in [0.25, 0.3) is 0 Å². The minimum atomic E-state index is 0.0446. The first kappa shape index (κ1) is 14.1. The number of hydrogen-bond donors (Lipinski definition) is 2. The largest absolute Gasteiger partial charge is 0.355 e. The van der Waals surface area contributed by atoms with E-state index < -0.39 is 0 Å². The number of rotatable bonds is 6. The number of aromatic nitrogens is 1. The molecule has 4 nitrogen and oxygen atoms in total. The molecule has 0 aliphatic carbocycles. The minimum absolute atomic E-state index is 0.0446. The lowest BCUT2D eigenvalue weighted by Crippen LogP contribution is -2.34. The fourth-order valence-electron chi connectivity index (χ4n) is 1.21. The van der Waals surface area contributed by atoms with Crippen LogP contribution in [-0.2, 0) is 11.3 Å². The average Bonchev–Trinajstić information content (AvgIpc) is 2.30. The quantitative estimate of drug-likeness (QED) is 0.786. The van der Waals surface area contributed by atoms with Gasteiger partial charge in [0.15, 0.2) is 0 Å². The van der Waals surface area contributed by atoms with Gasteiger partial charge in [-0.05, 0) is 28.1 Å². The molecular formula is C12H18BrN3O. The van der Waals surface area contributed by atoms with Crippen LogP contribution in [0.5, 0.6) is 0 Å². The molecule has 1 rings (SSSR count). The Morgan fingerprint density at radius 2 is 2.18 bits per heavy atom. The van der Waals surface area contributed by atoms with Crippen molar-refractivity contribution in [3.63, 3.8) is 0 Å². The average molecular weight is 300 g/mol. The van der Waals surface area contributed by atoms with E-state index in [0.29, 0.717) is 13.1 Å². The second kappa shape index (κ2) is 7.40. The summed E-state index contributed by atoms with van der Waals surface area (Å²) in [6.07, 6.45) is 1.78. The second-order valence-electron chi connectivity index (χ2n) is 4.09. The minimum Gasteiger partial charge on any atom is -0.355 e. The fourth-order valence-corrected chi connectivity index (χ4v) is 1.44. The Hall–Kier alpha value is -0.940. The van der Waals surface area contributed by atoms with Crippen molar-refractivity contribution in [2.45, 2.75) is 20.4 Å². The van der Waals surface area contributed by atoms with E-state index in [1.807, 2.05) is 26.0 Å². The third kappa shape index (κ3) is 5.79. The monoisotopic (exact) mass is 299 g/mol. The molecule has 0 aromatic carbocycles. The van der Waals surface area contributed by atoms with E-state index >= 15 is 0 Å². The highest BCUT2D eigenvalue weighted by molar-refractivity contribution is 9.10. The van der Waals surface area contributed by atoms with Crippen LogP contribution in [0.2, 0.25) is 0 Å². The molecule has 0 saturated heterocycles. The smallest absolute Gasteiger partial charge is 0.222 e. The lowest BCUT2D eigenvalue weighted by Gasteiger charge is -2.08. The summed E-state index contributed by atoms with van der Waals surface area (Å²) in [6, 6.07) is 3.92. The molecule has 0 unspecified atom stereocenters. The van der Waals surface area contributed by atoms with E-state index in [4.69, 9.17) is 0 Å². The van der Waals surface area contributed by atoms with Gasteiger partial charge in [-0.15, -0.1) is 0 Å². The SMILES string of the molecule is CC(C)C(=O)NCCNCc1ccc(Br)cn1. The zero-order valence-corrected chi connectivity index (χ0v) is 11.8. The number of nitrogens with one attached hydrogen (secondary N) is 2. The van der Waals surface area contributed by atoms with Crippen molar-refractivity contribution < 1.29 is 4.79 Å². The van der Waals surface area contributed by atoms with Gasteiger partial charge in [0.1, 0.15) is 0 Å². The van der Waals surface area contributed by atoms with Gasteiger partial charge in [-0.25, -0.2) is 0 Å². The predicted molar refractivity (Wildman–Crippen MR) is 71.5 cm³/mol. The molecule has 0 radical (unpaired) electrons. The highest BCUT2D eigenvalue weighted by Crippen LogP contribution is 2.06. The van der Waals surface area contributed by atoms with Gasteiger partial charge in [0.05, 0.1) is 5.69 Å². The third-order valence-electron chi connectivity index (χ3n) is 2.22. The van der Waals surface area contributed by atoms with Gasteiger partial charge in [-0.1, -0.05) is 13.8 Å². The molecule has 0 aliphatic rings. The van der Waals surface area contributed by atoms with Crippen molar-refractivity contribution in [3.8, 4) is 0 Å². The summed E-state index contributed by atoms with van der Waals surface area (Å²) in [7, 11) is 0. The summed E-state index contributed by atoms with van der Waals surface area (Å²) in [5, 5.41) is 6.07. The standard InChI is InChI=1S/C12H18BrN3O/c1-9(2)12(17)15-6-5-14-8-11-4-3-10(13)7-16-11/h3-4,7,9,14H,5-6,8H2,1-2H3,(H,15,17). The molecule has 1 aromatic heterocycles. The van der Waals surface area contributed by atoms with Gasteiger partial charge < -0.3 is 10.6 Å². The van der Waals surface area contributed by atoms with Gasteiger partial charge >= 0.3 is 0 Å². The van der Waals surface area contributed by atoms with E-state index in [2.05, 4.69) is 31.5 Å². The molecular weight excluding hydrogens is 282 g/mol. The van der Waals surface area contributed by atoms with Crippen molar-refractivity contribution in [1.29, 1.82) is 0 Å². The summed E-state index contributed by atoms with van der Waals surface area (Å²) in [5.74, 6) is 0.136. The molecule has 0 fully saturated rings. The normalized spacial score (nSPS) is 10.6. The number of nitrogens with zero attached hydrogens (tertiary/aromatic N) is 1. The molecule has 0 aliphatic heterocycles. The van der Waals surface area contributed by atoms with Gasteiger partial charge in [0.2, 0.25) is 5.91 Å². The molecule has 17 heavy (non-hydrogen) atoms. The number of carbonyl (C=O) groups excluding carboxylic acids is 1. The van der Waals surface area contributed by atoms with Crippen molar-refractivity contribution in [2.24, 2.45) is 5.92 Å². The maximum absolute atomic E-state index is 11.3. The summed E-state index contributed by atoms with van der Waals surface area (Å²) in [4.78, 5) is 15.5. The van der Waals surface area contributed by atoms with Crippen LogP contribution in [-0.4, -0.2) is 24.0 Å². The summed E-state index contributed by atoms with van der Waals surface area (Å²) < 4.78 is 0.977. The number of pyridine rings is 1. The van der Waals surface area contributed by atoms with E-state index in [9.17, 15) is 4.79 Å². The predicted octanol–water partition coefficient (Wildman–Crippen LogP) is 1.71. The lowest BCUT2D eigenvalue weighted by molar-refractivity contribution is -0.123. The van der Waals surface area contributed by atoms with Crippen molar-refractivity contribution in [1.82, 2.24) is 15.6 Å². The summed E-state index contributed by atoms with van der Waals surface area (Å²) in [5.41, 5.74) is 0.989. The number of amides is 1. The molecule has 1 amide bonds. The summed E-state index contributed by atoms with van der Waals surface area (Å²) in [6.45, 7) is 5.87. The Morgan fingerprint density at radius 3 is 2.76 bits per heavy atom. The van der Waals surface area contributed by atoms with Gasteiger partial charge in [0, 0.05) is 36.2 Å². The Labute approximate surface area is 110 Å². The Balaban J connectivity index is 2.12. The molecule has 5 heteroatoms. The topological polar surface area (TPSA) is 54.0 Å². The van der Waals surface area contributed by atoms with Crippen LogP contribution in [0.3, 0.4) is 0 Å². The number of halogens is 1. The van der Waals surface area contributed by atoms with Crippen LogP contribution in [0.15, 0.2) is 22.8 Å². The first-order valence-electron chi connectivity index (χ1n) is 5.68. The third-order valence-corrected chi connectivity index (χ3v) is 2.69. The molecule has 94 valence electrons. The highest BCUT2D eigenvalue weighted by Gasteiger charge is 2.04. The summed E-state index contributed by atoms with van der Waals surface area (Å²) >= 11 is 3.34. The van der Waals surface area contributed by atoms with Crippen molar-refractivity contribution in [3.05, 3.63) is 28.5 Å². The van der Waals surface area contributed by atoms with E-state index in [1.165, 1.54) is 0 Å². The van der Waals surface area contributed by atoms with Gasteiger partial charge in [-0.3, -0.25) is 9.78 Å². The molecule has 1 aromatic rings. The van der Waals surface area contributed by atoms with Crippen molar-refractivity contribution in [2.75, 3.05) is 13.1 Å². The first-order chi connectivity index (χ1) is 8.09. The first-order valence-corrected chi connectivity index (χ1v) is 6.47. The maximum atomic E-state index is 11.3. The van der Waals surface area contributed by atoms with E-state index in [-0.39, 0.29) is 11.8 Å². The van der Waals surface area contributed by atoms with Gasteiger partial charge in [0.25, 0.3) is 0 Å². The van der Waals surface area contributed by atoms with Gasteiger partial charge in [-0.2, -0.15) is 0 Å². The number of hydrogen-bond acceptors (Lipinski definition) is 3. The zero-order valence-electron chi connectivity index (χ0n) is 10.2. The second-order valence-corrected chi connectivity index (χ2v) is 5.01. The van der Waals surface area contributed by atoms with Crippen LogP contribution in [0.4, 0.5) is 0 Å². The van der Waals surface area contributed by atoms with Crippen LogP contribution < -0.4 is 10.6 Å². The van der Waals surface area contributed by atoms with E-state index in [1.54, 1.807) is 6.20 Å². The molecule has 1 heterocycles. The van der Waals surface area contributed by atoms with Crippen LogP contribution in [0, 0.1) is 5.92 Å². The zero-order chi connectivity index (χ0) is 12.7. The van der Waals surface area contributed by atoms with Crippen molar-refractivity contribution >= 4 is 21.8 Å². The molecule has 0 atom stereocenters. The van der Waals surface area contributed by atoms with Crippen LogP contribution in [0.1, 0.15) is 19.5 Å². The Bertz CT molecular complexity index is 351.